The normalized spacial score (nSPS) is 16.7. The minimum atomic E-state index is -0.775. The number of thiophene rings is 1. The molecule has 1 aliphatic rings. The van der Waals surface area contributed by atoms with Crippen LogP contribution in [0.1, 0.15) is 17.7 Å². The lowest BCUT2D eigenvalue weighted by atomic mass is 9.91. The van der Waals surface area contributed by atoms with Crippen molar-refractivity contribution in [2.45, 2.75) is 31.5 Å². The minimum absolute atomic E-state index is 0.0628. The van der Waals surface area contributed by atoms with Gasteiger partial charge in [0.05, 0.1) is 25.0 Å². The third-order valence-corrected chi connectivity index (χ3v) is 6.02. The number of carbonyl (C=O) groups excluding carboxylic acids is 1. The third-order valence-electron chi connectivity index (χ3n) is 4.91. The van der Waals surface area contributed by atoms with Crippen LogP contribution >= 0.6 is 11.3 Å². The Bertz CT molecular complexity index is 849. The van der Waals surface area contributed by atoms with Crippen LogP contribution in [0.25, 0.3) is 10.1 Å². The van der Waals surface area contributed by atoms with Gasteiger partial charge in [0.2, 0.25) is 0 Å². The van der Waals surface area contributed by atoms with Crippen molar-refractivity contribution in [1.29, 1.82) is 0 Å². The molecule has 2 aromatic heterocycles. The van der Waals surface area contributed by atoms with Crippen LogP contribution in [0.3, 0.4) is 0 Å². The van der Waals surface area contributed by atoms with Gasteiger partial charge in [-0.15, -0.1) is 11.3 Å². The van der Waals surface area contributed by atoms with Gasteiger partial charge in [0, 0.05) is 35.1 Å². The summed E-state index contributed by atoms with van der Waals surface area (Å²) in [7, 11) is 0. The molecule has 2 amide bonds. The maximum absolute atomic E-state index is 12.4. The van der Waals surface area contributed by atoms with E-state index in [1.807, 2.05) is 22.9 Å². The van der Waals surface area contributed by atoms with E-state index in [0.29, 0.717) is 39.0 Å². The number of hydrogen-bond acceptors (Lipinski definition) is 4. The molecule has 0 bridgehead atoms. The Kier molecular flexibility index (Phi) is 4.65. The van der Waals surface area contributed by atoms with Crippen LogP contribution in [-0.2, 0) is 13.1 Å². The number of nitrogens with zero attached hydrogens (tertiary/aromatic N) is 3. The molecule has 1 aromatic carbocycles. The number of benzene rings is 1. The fraction of sp³-hybridized carbons (Fsp3) is 0.368. The summed E-state index contributed by atoms with van der Waals surface area (Å²) in [6.45, 7) is 2.17. The molecule has 2 N–H and O–H groups in total. The van der Waals surface area contributed by atoms with Gasteiger partial charge in [-0.1, -0.05) is 18.2 Å². The molecule has 1 aliphatic heterocycles. The van der Waals surface area contributed by atoms with Crippen LogP contribution in [0.4, 0.5) is 4.79 Å². The van der Waals surface area contributed by atoms with Crippen LogP contribution in [0.15, 0.2) is 49.1 Å². The standard InChI is InChI=1S/C19H22N4O2S/c24-18(21-12-16-11-15-3-1-2-4-17(15)26-16)23-8-5-19(25,6-9-23)13-22-10-7-20-14-22/h1-4,7,10-11,14,25H,5-6,8-9,12-13H2,(H,21,24). The van der Waals surface area contributed by atoms with Crippen molar-refractivity contribution in [3.63, 3.8) is 0 Å². The number of aliphatic hydroxyl groups is 1. The Morgan fingerprint density at radius 2 is 2.12 bits per heavy atom. The van der Waals surface area contributed by atoms with Crippen molar-refractivity contribution in [3.05, 3.63) is 53.9 Å². The molecule has 1 fully saturated rings. The number of carbonyl (C=O) groups is 1. The zero-order chi connectivity index (χ0) is 18.0. The van der Waals surface area contributed by atoms with Gasteiger partial charge in [-0.05, 0) is 30.4 Å². The molecular weight excluding hydrogens is 348 g/mol. The van der Waals surface area contributed by atoms with Gasteiger partial charge in [-0.3, -0.25) is 0 Å². The number of rotatable bonds is 4. The molecule has 4 rings (SSSR count). The number of amides is 2. The highest BCUT2D eigenvalue weighted by atomic mass is 32.1. The molecule has 0 saturated carbocycles. The van der Waals surface area contributed by atoms with Gasteiger partial charge in [-0.25, -0.2) is 9.78 Å². The summed E-state index contributed by atoms with van der Waals surface area (Å²) < 4.78 is 3.12. The van der Waals surface area contributed by atoms with Gasteiger partial charge < -0.3 is 19.9 Å². The number of urea groups is 1. The van der Waals surface area contributed by atoms with E-state index in [2.05, 4.69) is 28.5 Å². The van der Waals surface area contributed by atoms with Crippen molar-refractivity contribution >= 4 is 27.5 Å². The van der Waals surface area contributed by atoms with Gasteiger partial charge >= 0.3 is 6.03 Å². The first-order valence-corrected chi connectivity index (χ1v) is 9.61. The summed E-state index contributed by atoms with van der Waals surface area (Å²) in [5.74, 6) is 0. The fourth-order valence-electron chi connectivity index (χ4n) is 3.40. The number of imidazole rings is 1. The third kappa shape index (κ3) is 3.73. The first-order chi connectivity index (χ1) is 12.6. The predicted molar refractivity (Wildman–Crippen MR) is 102 cm³/mol. The summed E-state index contributed by atoms with van der Waals surface area (Å²) in [4.78, 5) is 19.4. The van der Waals surface area contributed by atoms with Crippen molar-refractivity contribution in [2.24, 2.45) is 0 Å². The second kappa shape index (κ2) is 7.09. The van der Waals surface area contributed by atoms with Crippen LogP contribution < -0.4 is 5.32 Å². The van der Waals surface area contributed by atoms with Gasteiger partial charge in [0.1, 0.15) is 0 Å². The maximum atomic E-state index is 12.4. The minimum Gasteiger partial charge on any atom is -0.388 e. The highest BCUT2D eigenvalue weighted by Gasteiger charge is 2.34. The van der Waals surface area contributed by atoms with Crippen LogP contribution in [-0.4, -0.2) is 44.3 Å². The topological polar surface area (TPSA) is 70.4 Å². The van der Waals surface area contributed by atoms with Crippen molar-refractivity contribution in [1.82, 2.24) is 19.8 Å². The van der Waals surface area contributed by atoms with E-state index in [-0.39, 0.29) is 6.03 Å². The molecule has 7 heteroatoms. The summed E-state index contributed by atoms with van der Waals surface area (Å²) >= 11 is 1.71. The number of aromatic nitrogens is 2. The Labute approximate surface area is 156 Å². The second-order valence-electron chi connectivity index (χ2n) is 6.86. The lowest BCUT2D eigenvalue weighted by molar-refractivity contribution is -0.0257. The largest absolute Gasteiger partial charge is 0.388 e. The molecule has 136 valence electrons. The summed E-state index contributed by atoms with van der Waals surface area (Å²) in [6.07, 6.45) is 6.41. The summed E-state index contributed by atoms with van der Waals surface area (Å²) in [5, 5.41) is 14.9. The molecule has 0 radical (unpaired) electrons. The molecule has 3 heterocycles. The zero-order valence-electron chi connectivity index (χ0n) is 14.5. The van der Waals surface area contributed by atoms with Crippen LogP contribution in [0.5, 0.6) is 0 Å². The highest BCUT2D eigenvalue weighted by molar-refractivity contribution is 7.19. The first kappa shape index (κ1) is 17.1. The van der Waals surface area contributed by atoms with Gasteiger partial charge in [-0.2, -0.15) is 0 Å². The van der Waals surface area contributed by atoms with Gasteiger partial charge in [0.15, 0.2) is 0 Å². The van der Waals surface area contributed by atoms with E-state index >= 15 is 0 Å². The smallest absolute Gasteiger partial charge is 0.317 e. The second-order valence-corrected chi connectivity index (χ2v) is 8.02. The molecule has 6 nitrogen and oxygen atoms in total. The molecule has 0 unspecified atom stereocenters. The molecule has 1 saturated heterocycles. The molecular formula is C19H22N4O2S. The van der Waals surface area contributed by atoms with E-state index in [4.69, 9.17) is 0 Å². The van der Waals surface area contributed by atoms with E-state index in [1.165, 1.54) is 10.1 Å². The number of likely N-dealkylation sites (tertiary alicyclic amines) is 1. The SMILES string of the molecule is O=C(NCc1cc2ccccc2s1)N1CCC(O)(Cn2ccnc2)CC1. The Hall–Kier alpha value is -2.38. The van der Waals surface area contributed by atoms with Crippen LogP contribution in [0, 0.1) is 0 Å². The lowest BCUT2D eigenvalue weighted by Crippen LogP contribution is -2.51. The Morgan fingerprint density at radius 3 is 2.85 bits per heavy atom. The number of fused-ring (bicyclic) bond motifs is 1. The van der Waals surface area contributed by atoms with Crippen LogP contribution in [0.2, 0.25) is 0 Å². The van der Waals surface area contributed by atoms with Crippen molar-refractivity contribution in [2.75, 3.05) is 13.1 Å². The molecule has 0 aliphatic carbocycles. The number of nitrogens with one attached hydrogen (secondary N) is 1. The quantitative estimate of drug-likeness (QED) is 0.742. The number of piperidine rings is 1. The predicted octanol–water partition coefficient (Wildman–Crippen LogP) is 2.83. The molecule has 3 aromatic rings. The lowest BCUT2D eigenvalue weighted by Gasteiger charge is -2.38. The Balaban J connectivity index is 1.29. The maximum Gasteiger partial charge on any atom is 0.317 e. The highest BCUT2D eigenvalue weighted by Crippen LogP contribution is 2.26. The zero-order valence-corrected chi connectivity index (χ0v) is 15.3. The van der Waals surface area contributed by atoms with E-state index in [0.717, 1.165) is 4.88 Å². The van der Waals surface area contributed by atoms with E-state index in [9.17, 15) is 9.90 Å². The molecule has 0 atom stereocenters. The van der Waals surface area contributed by atoms with Gasteiger partial charge in [0.25, 0.3) is 0 Å². The van der Waals surface area contributed by atoms with E-state index < -0.39 is 5.60 Å². The fourth-order valence-corrected chi connectivity index (χ4v) is 4.41. The molecule has 0 spiro atoms. The summed E-state index contributed by atoms with van der Waals surface area (Å²) in [5.41, 5.74) is -0.775. The van der Waals surface area contributed by atoms with Crippen molar-refractivity contribution < 1.29 is 9.90 Å². The Morgan fingerprint density at radius 1 is 1.31 bits per heavy atom. The summed E-state index contributed by atoms with van der Waals surface area (Å²) in [6, 6.07) is 10.3. The average molecular weight is 370 g/mol. The molecule has 26 heavy (non-hydrogen) atoms. The monoisotopic (exact) mass is 370 g/mol. The van der Waals surface area contributed by atoms with Crippen molar-refractivity contribution in [3.8, 4) is 0 Å². The number of hydrogen-bond donors (Lipinski definition) is 2. The van der Waals surface area contributed by atoms with E-state index in [1.54, 1.807) is 28.8 Å². The first-order valence-electron chi connectivity index (χ1n) is 8.80. The average Bonchev–Trinajstić information content (AvgIpc) is 3.29.